The van der Waals surface area contributed by atoms with Crippen LogP contribution in [0.2, 0.25) is 0 Å². The number of piperazine rings is 1. The molecule has 0 bridgehead atoms. The average Bonchev–Trinajstić information content (AvgIpc) is 2.91. The molecule has 2 heterocycles. The van der Waals surface area contributed by atoms with Crippen LogP contribution in [0.15, 0.2) is 48.7 Å². The van der Waals surface area contributed by atoms with E-state index < -0.39 is 6.09 Å². The van der Waals surface area contributed by atoms with E-state index in [4.69, 9.17) is 14.2 Å². The van der Waals surface area contributed by atoms with Gasteiger partial charge in [-0.15, -0.1) is 0 Å². The molecule has 202 valence electrons. The number of rotatable bonds is 7. The van der Waals surface area contributed by atoms with Crippen molar-refractivity contribution in [3.05, 3.63) is 54.5 Å². The predicted molar refractivity (Wildman–Crippen MR) is 145 cm³/mol. The van der Waals surface area contributed by atoms with Gasteiger partial charge < -0.3 is 24.4 Å². The molecule has 38 heavy (non-hydrogen) atoms. The van der Waals surface area contributed by atoms with Crippen molar-refractivity contribution in [3.8, 4) is 17.2 Å². The highest BCUT2D eigenvalue weighted by Crippen LogP contribution is 2.32. The van der Waals surface area contributed by atoms with Crippen molar-refractivity contribution in [1.29, 1.82) is 0 Å². The van der Waals surface area contributed by atoms with Crippen LogP contribution in [0.25, 0.3) is 0 Å². The third-order valence-electron chi connectivity index (χ3n) is 6.73. The number of methoxy groups -OCH3 is 2. The summed E-state index contributed by atoms with van der Waals surface area (Å²) >= 11 is 0. The number of carbonyl (C=O) groups is 1. The summed E-state index contributed by atoms with van der Waals surface area (Å²) in [6.07, 6.45) is 0.811. The number of benzene rings is 2. The molecule has 0 radical (unpaired) electrons. The minimum absolute atomic E-state index is 0.204. The zero-order valence-corrected chi connectivity index (χ0v) is 22.4. The average molecular weight is 525 g/mol. The quantitative estimate of drug-likeness (QED) is 0.478. The molecule has 2 atom stereocenters. The molecule has 0 aliphatic carbocycles. The van der Waals surface area contributed by atoms with Crippen molar-refractivity contribution < 1.29 is 23.4 Å². The summed E-state index contributed by atoms with van der Waals surface area (Å²) in [7, 11) is 6.61. The predicted octanol–water partition coefficient (Wildman–Crippen LogP) is 4.54. The molecule has 1 aliphatic rings. The summed E-state index contributed by atoms with van der Waals surface area (Å²) in [5, 5.41) is 3.01. The van der Waals surface area contributed by atoms with Gasteiger partial charge in [0, 0.05) is 50.2 Å². The smallest absolute Gasteiger partial charge is 0.420 e. The van der Waals surface area contributed by atoms with E-state index in [1.165, 1.54) is 38.4 Å². The fourth-order valence-electron chi connectivity index (χ4n) is 4.29. The fraction of sp³-hybridized carbons (Fsp3) is 0.370. The van der Waals surface area contributed by atoms with Crippen molar-refractivity contribution in [1.82, 2.24) is 14.9 Å². The van der Waals surface area contributed by atoms with Crippen LogP contribution in [0.5, 0.6) is 17.2 Å². The number of hydrogen-bond acceptors (Lipinski definition) is 9. The van der Waals surface area contributed by atoms with E-state index in [1.807, 2.05) is 0 Å². The number of anilines is 4. The maximum atomic E-state index is 15.1. The Morgan fingerprint density at radius 2 is 1.79 bits per heavy atom. The second-order valence-electron chi connectivity index (χ2n) is 9.24. The first kappa shape index (κ1) is 26.9. The Morgan fingerprint density at radius 1 is 1.05 bits per heavy atom. The molecular formula is C27H33FN6O4. The molecule has 2 aromatic carbocycles. The van der Waals surface area contributed by atoms with Gasteiger partial charge in [0.05, 0.1) is 19.9 Å². The zero-order valence-electron chi connectivity index (χ0n) is 22.4. The van der Waals surface area contributed by atoms with Gasteiger partial charge in [0.25, 0.3) is 0 Å². The van der Waals surface area contributed by atoms with E-state index in [-0.39, 0.29) is 23.3 Å². The number of hydrogen-bond donors (Lipinski definition) is 1. The lowest BCUT2D eigenvalue weighted by Crippen LogP contribution is -2.55. The molecule has 11 heteroatoms. The molecule has 1 fully saturated rings. The maximum absolute atomic E-state index is 15.1. The van der Waals surface area contributed by atoms with E-state index >= 15 is 4.39 Å². The Morgan fingerprint density at radius 3 is 2.45 bits per heavy atom. The first-order valence-corrected chi connectivity index (χ1v) is 12.2. The molecule has 1 amide bonds. The number of nitrogens with one attached hydrogen (secondary N) is 1. The maximum Gasteiger partial charge on any atom is 0.420 e. The van der Waals surface area contributed by atoms with Crippen LogP contribution in [-0.4, -0.2) is 74.4 Å². The van der Waals surface area contributed by atoms with Gasteiger partial charge in [0.15, 0.2) is 11.5 Å². The normalized spacial score (nSPS) is 17.6. The first-order chi connectivity index (χ1) is 18.2. The molecule has 0 unspecified atom stereocenters. The Kier molecular flexibility index (Phi) is 8.16. The second-order valence-corrected chi connectivity index (χ2v) is 9.24. The number of likely N-dealkylation sites (N-methyl/N-ethyl adjacent to an activating group) is 1. The molecule has 1 aliphatic heterocycles. The molecule has 0 spiro atoms. The number of halogens is 1. The standard InChI is InChI=1S/C27H33FN6O4/c1-17-15-34(16-18(2)32(17)3)22-9-7-19(13-21(22)28)30-26-29-12-11-25(31-26)33(4)27(35)38-24-14-20(36-5)8-10-23(24)37-6/h7-14,17-18H,15-16H2,1-6H3,(H,29,30,31)/t17-,18+. The molecule has 1 aromatic heterocycles. The number of amides is 1. The molecule has 1 saturated heterocycles. The molecule has 4 rings (SSSR count). The van der Waals surface area contributed by atoms with Crippen LogP contribution in [0.4, 0.5) is 32.3 Å². The third-order valence-corrected chi connectivity index (χ3v) is 6.73. The summed E-state index contributed by atoms with van der Waals surface area (Å²) in [4.78, 5) is 27.0. The highest BCUT2D eigenvalue weighted by molar-refractivity contribution is 5.88. The second kappa shape index (κ2) is 11.5. The first-order valence-electron chi connectivity index (χ1n) is 12.2. The van der Waals surface area contributed by atoms with Gasteiger partial charge in [-0.3, -0.25) is 9.80 Å². The van der Waals surface area contributed by atoms with Gasteiger partial charge in [-0.1, -0.05) is 0 Å². The lowest BCUT2D eigenvalue weighted by molar-refractivity contribution is 0.169. The number of ether oxygens (including phenoxy) is 3. The van der Waals surface area contributed by atoms with Gasteiger partial charge in [-0.2, -0.15) is 4.98 Å². The van der Waals surface area contributed by atoms with E-state index in [0.29, 0.717) is 35.0 Å². The minimum Gasteiger partial charge on any atom is -0.497 e. The lowest BCUT2D eigenvalue weighted by Gasteiger charge is -2.43. The number of carbonyl (C=O) groups excluding carboxylic acids is 1. The molecule has 3 aromatic rings. The molecular weight excluding hydrogens is 491 g/mol. The summed E-state index contributed by atoms with van der Waals surface area (Å²) in [6, 6.07) is 12.1. The monoisotopic (exact) mass is 524 g/mol. The minimum atomic E-state index is -0.688. The largest absolute Gasteiger partial charge is 0.497 e. The fourth-order valence-corrected chi connectivity index (χ4v) is 4.29. The van der Waals surface area contributed by atoms with Crippen LogP contribution in [0, 0.1) is 5.82 Å². The van der Waals surface area contributed by atoms with Crippen molar-refractivity contribution in [3.63, 3.8) is 0 Å². The Labute approximate surface area is 221 Å². The van der Waals surface area contributed by atoms with Gasteiger partial charge in [0.2, 0.25) is 5.95 Å². The van der Waals surface area contributed by atoms with Crippen LogP contribution in [0.3, 0.4) is 0 Å². The number of nitrogens with zero attached hydrogens (tertiary/aromatic N) is 5. The Bertz CT molecular complexity index is 1280. The lowest BCUT2D eigenvalue weighted by atomic mass is 10.1. The van der Waals surface area contributed by atoms with Crippen molar-refractivity contribution in [2.75, 3.05) is 56.5 Å². The van der Waals surface area contributed by atoms with Gasteiger partial charge in [0.1, 0.15) is 17.4 Å². The van der Waals surface area contributed by atoms with Gasteiger partial charge in [-0.25, -0.2) is 14.2 Å². The third kappa shape index (κ3) is 5.88. The van der Waals surface area contributed by atoms with Gasteiger partial charge >= 0.3 is 6.09 Å². The summed E-state index contributed by atoms with van der Waals surface area (Å²) in [6.45, 7) is 5.78. The van der Waals surface area contributed by atoms with Crippen molar-refractivity contribution in [2.24, 2.45) is 0 Å². The van der Waals surface area contributed by atoms with Crippen molar-refractivity contribution >= 4 is 29.2 Å². The molecule has 0 saturated carbocycles. The highest BCUT2D eigenvalue weighted by atomic mass is 19.1. The SMILES string of the molecule is COc1ccc(OC)c(OC(=O)N(C)c2ccnc(Nc3ccc(N4C[C@@H](C)N(C)[C@@H](C)C4)c(F)c3)n2)c1. The van der Waals surface area contributed by atoms with Crippen LogP contribution < -0.4 is 29.3 Å². The molecule has 10 nitrogen and oxygen atoms in total. The Hall–Kier alpha value is -4.12. The van der Waals surface area contributed by atoms with Crippen molar-refractivity contribution in [2.45, 2.75) is 25.9 Å². The summed E-state index contributed by atoms with van der Waals surface area (Å²) < 4.78 is 31.1. The van der Waals surface area contributed by atoms with E-state index in [2.05, 4.69) is 46.0 Å². The van der Waals surface area contributed by atoms with Gasteiger partial charge in [-0.05, 0) is 57.3 Å². The van der Waals surface area contributed by atoms with Crippen LogP contribution in [-0.2, 0) is 0 Å². The number of aromatic nitrogens is 2. The Balaban J connectivity index is 1.46. The van der Waals surface area contributed by atoms with E-state index in [9.17, 15) is 4.79 Å². The van der Waals surface area contributed by atoms with E-state index in [1.54, 1.807) is 36.4 Å². The molecule has 1 N–H and O–H groups in total. The summed E-state index contributed by atoms with van der Waals surface area (Å²) in [5.41, 5.74) is 1.05. The summed E-state index contributed by atoms with van der Waals surface area (Å²) in [5.74, 6) is 1.25. The van der Waals surface area contributed by atoms with Crippen LogP contribution >= 0.6 is 0 Å². The topological polar surface area (TPSA) is 92.3 Å². The zero-order chi connectivity index (χ0) is 27.4. The van der Waals surface area contributed by atoms with E-state index in [0.717, 1.165) is 13.1 Å². The highest BCUT2D eigenvalue weighted by Gasteiger charge is 2.28. The van der Waals surface area contributed by atoms with Crippen LogP contribution in [0.1, 0.15) is 13.8 Å².